The van der Waals surface area contributed by atoms with Gasteiger partial charge in [0.25, 0.3) is 5.91 Å². The summed E-state index contributed by atoms with van der Waals surface area (Å²) in [6, 6.07) is 15.6. The minimum absolute atomic E-state index is 0.222. The van der Waals surface area contributed by atoms with Gasteiger partial charge in [-0.15, -0.1) is 0 Å². The van der Waals surface area contributed by atoms with Crippen LogP contribution in [0.15, 0.2) is 60.8 Å². The first-order chi connectivity index (χ1) is 17.3. The van der Waals surface area contributed by atoms with Gasteiger partial charge in [0.2, 0.25) is 0 Å². The number of carbonyl (C=O) groups is 2. The van der Waals surface area contributed by atoms with E-state index >= 15 is 0 Å². The molecule has 36 heavy (non-hydrogen) atoms. The molecular formula is C27H29ClN2O6. The Morgan fingerprint density at radius 3 is 2.25 bits per heavy atom. The highest BCUT2D eigenvalue weighted by Gasteiger charge is 2.16. The van der Waals surface area contributed by atoms with Gasteiger partial charge in [0.1, 0.15) is 23.4 Å². The molecule has 190 valence electrons. The Morgan fingerprint density at radius 2 is 1.64 bits per heavy atom. The molecule has 1 aromatic heterocycles. The smallest absolute Gasteiger partial charge is 0.339 e. The zero-order valence-corrected chi connectivity index (χ0v) is 21.4. The van der Waals surface area contributed by atoms with Crippen molar-refractivity contribution >= 4 is 29.3 Å². The number of carbonyl (C=O) groups excluding carboxylic acids is 2. The number of hydrogen-bond acceptors (Lipinski definition) is 7. The number of pyridine rings is 1. The van der Waals surface area contributed by atoms with Crippen LogP contribution in [0.25, 0.3) is 0 Å². The molecule has 8 nitrogen and oxygen atoms in total. The van der Waals surface area contributed by atoms with Crippen LogP contribution in [0, 0.1) is 0 Å². The Kier molecular flexibility index (Phi) is 9.67. The van der Waals surface area contributed by atoms with Crippen LogP contribution in [0.4, 0.5) is 5.82 Å². The largest absolute Gasteiger partial charge is 0.490 e. The number of methoxy groups -OCH3 is 2. The summed E-state index contributed by atoms with van der Waals surface area (Å²) in [7, 11) is 2.88. The molecule has 0 spiro atoms. The van der Waals surface area contributed by atoms with Crippen molar-refractivity contribution in [3.05, 3.63) is 82.5 Å². The van der Waals surface area contributed by atoms with E-state index in [0.29, 0.717) is 35.1 Å². The summed E-state index contributed by atoms with van der Waals surface area (Å²) in [5.74, 6) is 0.281. The molecule has 1 heterocycles. The fraction of sp³-hybridized carbons (Fsp3) is 0.296. The lowest BCUT2D eigenvalue weighted by molar-refractivity contribution is 0.0600. The number of aromatic nitrogens is 1. The number of nitrogens with one attached hydrogen (secondary N) is 1. The maximum absolute atomic E-state index is 13.0. The Labute approximate surface area is 215 Å². The zero-order chi connectivity index (χ0) is 26.1. The molecule has 2 aromatic carbocycles. The molecule has 0 saturated carbocycles. The summed E-state index contributed by atoms with van der Waals surface area (Å²) >= 11 is 6.29. The molecule has 3 aromatic rings. The second-order valence-corrected chi connectivity index (χ2v) is 8.59. The summed E-state index contributed by atoms with van der Waals surface area (Å²) in [5.41, 5.74) is 1.56. The molecule has 0 aliphatic carbocycles. The molecule has 1 N–H and O–H groups in total. The molecule has 0 fully saturated rings. The molecule has 3 rings (SSSR count). The molecule has 9 heteroatoms. The predicted molar refractivity (Wildman–Crippen MR) is 137 cm³/mol. The highest BCUT2D eigenvalue weighted by atomic mass is 35.5. The number of hydrogen-bond donors (Lipinski definition) is 1. The normalized spacial score (nSPS) is 12.4. The number of nitrogens with zero attached hydrogens (tertiary/aromatic N) is 1. The molecule has 0 aliphatic rings. The standard InChI is InChI=1S/C27H29ClN2O6/c1-17(11-19-7-5-6-8-24(19)28)35-22-12-21(13-23(14-22)36-18(2)16-33-3)26(31)30-25-10-9-20(15-29-25)27(32)34-4/h5-10,12-15,17-18H,11,16H2,1-4H3,(H,29,30,31)/t17-,18-/m0/s1. The van der Waals surface area contributed by atoms with Gasteiger partial charge in [0, 0.05) is 36.4 Å². The van der Waals surface area contributed by atoms with Crippen LogP contribution in [0.1, 0.15) is 40.1 Å². The first-order valence-electron chi connectivity index (χ1n) is 11.4. The summed E-state index contributed by atoms with van der Waals surface area (Å²) in [6.07, 6.45) is 1.45. The molecule has 0 bridgehead atoms. The van der Waals surface area contributed by atoms with E-state index in [4.69, 9.17) is 25.8 Å². The second kappa shape index (κ2) is 12.9. The second-order valence-electron chi connectivity index (χ2n) is 8.18. The van der Waals surface area contributed by atoms with Gasteiger partial charge in [-0.3, -0.25) is 4.79 Å². The van der Waals surface area contributed by atoms with E-state index in [2.05, 4.69) is 15.0 Å². The third kappa shape index (κ3) is 7.69. The van der Waals surface area contributed by atoms with Crippen LogP contribution in [0.3, 0.4) is 0 Å². The number of amides is 1. The van der Waals surface area contributed by atoms with Crippen molar-refractivity contribution in [3.8, 4) is 11.5 Å². The van der Waals surface area contributed by atoms with Gasteiger partial charge in [-0.05, 0) is 49.7 Å². The Morgan fingerprint density at radius 1 is 0.944 bits per heavy atom. The van der Waals surface area contributed by atoms with Crippen molar-refractivity contribution < 1.29 is 28.5 Å². The van der Waals surface area contributed by atoms with Crippen molar-refractivity contribution in [2.75, 3.05) is 26.1 Å². The molecule has 0 radical (unpaired) electrons. The molecule has 1 amide bonds. The lowest BCUT2D eigenvalue weighted by Gasteiger charge is -2.19. The van der Waals surface area contributed by atoms with Crippen molar-refractivity contribution in [1.82, 2.24) is 4.98 Å². The van der Waals surface area contributed by atoms with Crippen LogP contribution >= 0.6 is 11.6 Å². The Bertz CT molecular complexity index is 1190. The number of ether oxygens (including phenoxy) is 4. The van der Waals surface area contributed by atoms with Crippen LogP contribution in [-0.4, -0.2) is 49.9 Å². The topological polar surface area (TPSA) is 96.0 Å². The lowest BCUT2D eigenvalue weighted by atomic mass is 10.1. The summed E-state index contributed by atoms with van der Waals surface area (Å²) in [6.45, 7) is 4.17. The maximum atomic E-state index is 13.0. The molecule has 2 atom stereocenters. The van der Waals surface area contributed by atoms with Crippen molar-refractivity contribution in [2.24, 2.45) is 0 Å². The molecule has 0 saturated heterocycles. The minimum atomic E-state index is -0.511. The van der Waals surface area contributed by atoms with Crippen LogP contribution in [0.5, 0.6) is 11.5 Å². The molecule has 0 aliphatic heterocycles. The minimum Gasteiger partial charge on any atom is -0.490 e. The third-order valence-corrected chi connectivity index (χ3v) is 5.48. The maximum Gasteiger partial charge on any atom is 0.339 e. The van der Waals surface area contributed by atoms with E-state index in [1.54, 1.807) is 25.3 Å². The van der Waals surface area contributed by atoms with Gasteiger partial charge in [0.05, 0.1) is 25.4 Å². The van der Waals surface area contributed by atoms with Gasteiger partial charge in [-0.25, -0.2) is 9.78 Å². The third-order valence-electron chi connectivity index (χ3n) is 5.11. The van der Waals surface area contributed by atoms with Crippen molar-refractivity contribution in [2.45, 2.75) is 32.5 Å². The first kappa shape index (κ1) is 27.0. The van der Waals surface area contributed by atoms with Gasteiger partial charge in [-0.1, -0.05) is 29.8 Å². The van der Waals surface area contributed by atoms with Crippen molar-refractivity contribution in [3.63, 3.8) is 0 Å². The fourth-order valence-electron chi connectivity index (χ4n) is 3.48. The average molecular weight is 513 g/mol. The van der Waals surface area contributed by atoms with Gasteiger partial charge in [0.15, 0.2) is 0 Å². The zero-order valence-electron chi connectivity index (χ0n) is 20.6. The lowest BCUT2D eigenvalue weighted by Crippen LogP contribution is -2.20. The number of halogens is 1. The monoisotopic (exact) mass is 512 g/mol. The molecule has 0 unspecified atom stereocenters. The average Bonchev–Trinajstić information content (AvgIpc) is 2.85. The van der Waals surface area contributed by atoms with E-state index < -0.39 is 11.9 Å². The highest BCUT2D eigenvalue weighted by Crippen LogP contribution is 2.27. The summed E-state index contributed by atoms with van der Waals surface area (Å²) in [4.78, 5) is 28.7. The predicted octanol–water partition coefficient (Wildman–Crippen LogP) is 5.20. The number of rotatable bonds is 11. The highest BCUT2D eigenvalue weighted by molar-refractivity contribution is 6.31. The van der Waals surface area contributed by atoms with Crippen LogP contribution in [-0.2, 0) is 15.9 Å². The number of benzene rings is 2. The quantitative estimate of drug-likeness (QED) is 0.353. The summed E-state index contributed by atoms with van der Waals surface area (Å²) in [5, 5.41) is 3.39. The van der Waals surface area contributed by atoms with Gasteiger partial charge >= 0.3 is 5.97 Å². The van der Waals surface area contributed by atoms with E-state index in [0.717, 1.165) is 5.56 Å². The van der Waals surface area contributed by atoms with Crippen LogP contribution < -0.4 is 14.8 Å². The van der Waals surface area contributed by atoms with Gasteiger partial charge < -0.3 is 24.3 Å². The Balaban J connectivity index is 1.80. The number of esters is 1. The summed E-state index contributed by atoms with van der Waals surface area (Å²) < 4.78 is 21.9. The van der Waals surface area contributed by atoms with E-state index in [1.165, 1.54) is 25.4 Å². The first-order valence-corrected chi connectivity index (χ1v) is 11.7. The fourth-order valence-corrected chi connectivity index (χ4v) is 3.70. The Hall–Kier alpha value is -3.62. The van der Waals surface area contributed by atoms with Crippen LogP contribution in [0.2, 0.25) is 5.02 Å². The van der Waals surface area contributed by atoms with E-state index in [-0.39, 0.29) is 23.6 Å². The van der Waals surface area contributed by atoms with E-state index in [1.807, 2.05) is 38.1 Å². The van der Waals surface area contributed by atoms with Gasteiger partial charge in [-0.2, -0.15) is 0 Å². The molecular weight excluding hydrogens is 484 g/mol. The van der Waals surface area contributed by atoms with Crippen molar-refractivity contribution in [1.29, 1.82) is 0 Å². The van der Waals surface area contributed by atoms with E-state index in [9.17, 15) is 9.59 Å². The number of anilines is 1. The SMILES string of the molecule is COC[C@H](C)Oc1cc(O[C@@H](C)Cc2ccccc2Cl)cc(C(=O)Nc2ccc(C(=O)OC)cn2)c1.